The molecule has 4 rings (SSSR count). The predicted molar refractivity (Wildman–Crippen MR) is 141 cm³/mol. The van der Waals surface area contributed by atoms with Crippen LogP contribution in [0.25, 0.3) is 11.0 Å². The summed E-state index contributed by atoms with van der Waals surface area (Å²) in [6, 6.07) is 5.18. The summed E-state index contributed by atoms with van der Waals surface area (Å²) in [5.74, 6) is 1.40. The van der Waals surface area contributed by atoms with Crippen molar-refractivity contribution < 1.29 is 14.3 Å². The van der Waals surface area contributed by atoms with E-state index < -0.39 is 0 Å². The molecule has 1 aliphatic rings. The van der Waals surface area contributed by atoms with Crippen molar-refractivity contribution in [2.75, 3.05) is 38.3 Å². The van der Waals surface area contributed by atoms with Gasteiger partial charge in [0.1, 0.15) is 23.4 Å². The molecule has 11 heteroatoms. The van der Waals surface area contributed by atoms with Crippen LogP contribution in [0.1, 0.15) is 36.7 Å². The molecule has 0 saturated carbocycles. The summed E-state index contributed by atoms with van der Waals surface area (Å²) in [7, 11) is 1.69. The topological polar surface area (TPSA) is 138 Å². The van der Waals surface area contributed by atoms with E-state index in [0.29, 0.717) is 66.1 Å². The largest absolute Gasteiger partial charge is 0.437 e. The van der Waals surface area contributed by atoms with Gasteiger partial charge in [-0.2, -0.15) is 4.98 Å². The second kappa shape index (κ2) is 10.9. The molecule has 1 aliphatic heterocycles. The molecule has 37 heavy (non-hydrogen) atoms. The standard InChI is InChI=1S/C26H32N8O3/c1-16-6-7-17(23(35)32-21(28-5)13-20(27)26(2,3)4)12-19(16)37-24-22-18(30-15-31-24)14-29-25(33-22)34-8-10-36-11-9-34/h6-7,12-15,27-28H,8-11H2,1-5H3,(H,32,35)/b21-13+,27-20?. The minimum Gasteiger partial charge on any atom is -0.437 e. The number of morpholine rings is 1. The number of carbonyl (C=O) groups excluding carboxylic acids is 1. The van der Waals surface area contributed by atoms with E-state index >= 15 is 0 Å². The van der Waals surface area contributed by atoms with Crippen LogP contribution in [0.4, 0.5) is 5.95 Å². The highest BCUT2D eigenvalue weighted by molar-refractivity contribution is 5.99. The van der Waals surface area contributed by atoms with E-state index in [0.717, 1.165) is 5.56 Å². The molecule has 194 valence electrons. The first-order valence-corrected chi connectivity index (χ1v) is 12.0. The van der Waals surface area contributed by atoms with Gasteiger partial charge < -0.3 is 30.4 Å². The van der Waals surface area contributed by atoms with Gasteiger partial charge >= 0.3 is 0 Å². The van der Waals surface area contributed by atoms with Gasteiger partial charge in [-0.3, -0.25) is 4.79 Å². The zero-order valence-corrected chi connectivity index (χ0v) is 21.8. The third-order valence-electron chi connectivity index (χ3n) is 5.90. The monoisotopic (exact) mass is 504 g/mol. The Morgan fingerprint density at radius 2 is 1.95 bits per heavy atom. The zero-order chi connectivity index (χ0) is 26.6. The molecule has 1 aromatic carbocycles. The van der Waals surface area contributed by atoms with Gasteiger partial charge in [0, 0.05) is 36.8 Å². The van der Waals surface area contributed by atoms with E-state index in [1.165, 1.54) is 6.33 Å². The number of nitrogens with one attached hydrogen (secondary N) is 3. The third kappa shape index (κ3) is 6.18. The Hall–Kier alpha value is -4.12. The molecule has 3 aromatic rings. The van der Waals surface area contributed by atoms with Crippen molar-refractivity contribution in [2.45, 2.75) is 27.7 Å². The summed E-state index contributed by atoms with van der Waals surface area (Å²) in [5, 5.41) is 14.0. The predicted octanol–water partition coefficient (Wildman–Crippen LogP) is 3.21. The van der Waals surface area contributed by atoms with Crippen LogP contribution >= 0.6 is 0 Å². The number of fused-ring (bicyclic) bond motifs is 1. The lowest BCUT2D eigenvalue weighted by atomic mass is 9.90. The van der Waals surface area contributed by atoms with Crippen LogP contribution in [0.2, 0.25) is 0 Å². The van der Waals surface area contributed by atoms with Crippen molar-refractivity contribution in [3.63, 3.8) is 0 Å². The number of hydrogen-bond donors (Lipinski definition) is 3. The van der Waals surface area contributed by atoms with Gasteiger partial charge in [-0.25, -0.2) is 15.0 Å². The average Bonchev–Trinajstić information content (AvgIpc) is 2.89. The Balaban J connectivity index is 1.59. The van der Waals surface area contributed by atoms with E-state index in [9.17, 15) is 4.79 Å². The van der Waals surface area contributed by atoms with Gasteiger partial charge in [0.2, 0.25) is 11.8 Å². The number of benzene rings is 1. The average molecular weight is 505 g/mol. The number of nitrogens with zero attached hydrogens (tertiary/aromatic N) is 5. The molecular formula is C26H32N8O3. The van der Waals surface area contributed by atoms with E-state index in [1.807, 2.05) is 38.7 Å². The maximum absolute atomic E-state index is 13.0. The highest BCUT2D eigenvalue weighted by Crippen LogP contribution is 2.29. The molecule has 11 nitrogen and oxygen atoms in total. The molecule has 3 heterocycles. The quantitative estimate of drug-likeness (QED) is 0.414. The van der Waals surface area contributed by atoms with Crippen LogP contribution < -0.4 is 20.3 Å². The lowest BCUT2D eigenvalue weighted by Crippen LogP contribution is -2.37. The summed E-state index contributed by atoms with van der Waals surface area (Å²) in [6.45, 7) is 10.3. The lowest BCUT2D eigenvalue weighted by Gasteiger charge is -2.26. The van der Waals surface area contributed by atoms with Gasteiger partial charge in [0.15, 0.2) is 5.52 Å². The van der Waals surface area contributed by atoms with Gasteiger partial charge in [-0.15, -0.1) is 0 Å². The summed E-state index contributed by atoms with van der Waals surface area (Å²) >= 11 is 0. The number of hydrogen-bond acceptors (Lipinski definition) is 10. The van der Waals surface area contributed by atoms with Gasteiger partial charge in [0.25, 0.3) is 5.91 Å². The number of carbonyl (C=O) groups is 1. The number of anilines is 1. The molecule has 0 bridgehead atoms. The first-order chi connectivity index (χ1) is 17.7. The molecule has 1 saturated heterocycles. The molecule has 1 fully saturated rings. The number of rotatable bonds is 7. The Bertz CT molecular complexity index is 1340. The van der Waals surface area contributed by atoms with Gasteiger partial charge in [0.05, 0.1) is 19.4 Å². The molecule has 0 radical (unpaired) electrons. The Kier molecular flexibility index (Phi) is 7.63. The molecule has 0 atom stereocenters. The molecule has 3 N–H and O–H groups in total. The Morgan fingerprint density at radius 3 is 2.65 bits per heavy atom. The summed E-state index contributed by atoms with van der Waals surface area (Å²) in [5.41, 5.74) is 2.30. The summed E-state index contributed by atoms with van der Waals surface area (Å²) < 4.78 is 11.6. The normalized spacial score (nSPS) is 14.4. The number of amides is 1. The van der Waals surface area contributed by atoms with Crippen LogP contribution in [0.3, 0.4) is 0 Å². The minimum atomic E-state index is -0.344. The molecule has 0 unspecified atom stereocenters. The van der Waals surface area contributed by atoms with Crippen molar-refractivity contribution in [2.24, 2.45) is 5.41 Å². The first kappa shape index (κ1) is 26.0. The zero-order valence-electron chi connectivity index (χ0n) is 21.8. The molecule has 0 spiro atoms. The van der Waals surface area contributed by atoms with E-state index in [-0.39, 0.29) is 17.2 Å². The lowest BCUT2D eigenvalue weighted by molar-refractivity contribution is 0.0963. The number of allylic oxidation sites excluding steroid dienone is 1. The highest BCUT2D eigenvalue weighted by atomic mass is 16.5. The van der Waals surface area contributed by atoms with Crippen molar-refractivity contribution in [3.8, 4) is 11.6 Å². The maximum Gasteiger partial charge on any atom is 0.256 e. The molecule has 2 aromatic heterocycles. The third-order valence-corrected chi connectivity index (χ3v) is 5.90. The second-order valence-corrected chi connectivity index (χ2v) is 9.69. The molecule has 0 aliphatic carbocycles. The fourth-order valence-corrected chi connectivity index (χ4v) is 3.49. The van der Waals surface area contributed by atoms with Crippen LogP contribution in [0, 0.1) is 17.7 Å². The van der Waals surface area contributed by atoms with E-state index in [4.69, 9.17) is 14.9 Å². The smallest absolute Gasteiger partial charge is 0.256 e. The molecular weight excluding hydrogens is 472 g/mol. The minimum absolute atomic E-state index is 0.275. The summed E-state index contributed by atoms with van der Waals surface area (Å²) in [6.07, 6.45) is 4.66. The Labute approximate surface area is 215 Å². The fraction of sp³-hybridized carbons (Fsp3) is 0.385. The van der Waals surface area contributed by atoms with Crippen LogP contribution in [-0.2, 0) is 4.74 Å². The second-order valence-electron chi connectivity index (χ2n) is 9.69. The number of ether oxygens (including phenoxy) is 2. The first-order valence-electron chi connectivity index (χ1n) is 12.0. The fourth-order valence-electron chi connectivity index (χ4n) is 3.49. The van der Waals surface area contributed by atoms with Crippen molar-refractivity contribution >= 4 is 28.6 Å². The number of aryl methyl sites for hydroxylation is 1. The van der Waals surface area contributed by atoms with E-state index in [2.05, 4.69) is 30.6 Å². The van der Waals surface area contributed by atoms with Crippen LogP contribution in [0.5, 0.6) is 11.6 Å². The van der Waals surface area contributed by atoms with Crippen LogP contribution in [-0.4, -0.2) is 64.9 Å². The van der Waals surface area contributed by atoms with E-state index in [1.54, 1.807) is 31.5 Å². The molecule has 1 amide bonds. The SMILES string of the molecule is CN/C(=C\C(=N)C(C)(C)C)NC(=O)c1ccc(C)c(Oc2ncnc3cnc(N4CCOCC4)nc23)c1. The van der Waals surface area contributed by atoms with Crippen molar-refractivity contribution in [3.05, 3.63) is 53.7 Å². The van der Waals surface area contributed by atoms with Gasteiger partial charge in [-0.1, -0.05) is 26.8 Å². The van der Waals surface area contributed by atoms with Crippen molar-refractivity contribution in [1.82, 2.24) is 30.6 Å². The maximum atomic E-state index is 13.0. The van der Waals surface area contributed by atoms with Gasteiger partial charge in [-0.05, 0) is 30.7 Å². The Morgan fingerprint density at radius 1 is 1.19 bits per heavy atom. The van der Waals surface area contributed by atoms with Crippen LogP contribution in [0.15, 0.2) is 42.6 Å². The highest BCUT2D eigenvalue weighted by Gasteiger charge is 2.19. The summed E-state index contributed by atoms with van der Waals surface area (Å²) in [4.78, 5) is 32.7. The number of aromatic nitrogens is 4. The van der Waals surface area contributed by atoms with Crippen molar-refractivity contribution in [1.29, 1.82) is 5.41 Å².